The Morgan fingerprint density at radius 2 is 1.70 bits per heavy atom. The summed E-state index contributed by atoms with van der Waals surface area (Å²) in [6.07, 6.45) is 3.03. The highest BCUT2D eigenvalue weighted by atomic mass is 35.5. The van der Waals surface area contributed by atoms with Crippen molar-refractivity contribution in [1.82, 2.24) is 0 Å². The molecule has 0 bridgehead atoms. The number of halogens is 1. The minimum atomic E-state index is 0.206. The molecule has 0 fully saturated rings. The van der Waals surface area contributed by atoms with Gasteiger partial charge in [-0.2, -0.15) is 0 Å². The van der Waals surface area contributed by atoms with Crippen molar-refractivity contribution in [3.63, 3.8) is 0 Å². The summed E-state index contributed by atoms with van der Waals surface area (Å²) in [5.74, 6) is 0. The van der Waals surface area contributed by atoms with Gasteiger partial charge in [0.25, 0.3) is 0 Å². The summed E-state index contributed by atoms with van der Waals surface area (Å²) in [6.45, 7) is 6.45. The lowest BCUT2D eigenvalue weighted by Crippen LogP contribution is -2.05. The third-order valence-corrected chi connectivity index (χ3v) is 4.23. The first kappa shape index (κ1) is 15.1. The molecule has 0 saturated heterocycles. The molecule has 0 nitrogen and oxygen atoms in total. The van der Waals surface area contributed by atoms with Crippen LogP contribution in [0.1, 0.15) is 34.2 Å². The van der Waals surface area contributed by atoms with Gasteiger partial charge in [0, 0.05) is 5.38 Å². The molecule has 0 radical (unpaired) electrons. The van der Waals surface area contributed by atoms with E-state index in [0.29, 0.717) is 0 Å². The molecule has 1 heteroatoms. The van der Waals surface area contributed by atoms with E-state index < -0.39 is 0 Å². The Bertz CT molecular complexity index is 572. The van der Waals surface area contributed by atoms with E-state index in [-0.39, 0.29) is 5.38 Å². The molecule has 106 valence electrons. The average Bonchev–Trinajstić information content (AvgIpc) is 2.41. The van der Waals surface area contributed by atoms with Crippen LogP contribution in [0.5, 0.6) is 0 Å². The Morgan fingerprint density at radius 1 is 0.900 bits per heavy atom. The summed E-state index contributed by atoms with van der Waals surface area (Å²) in [6, 6.07) is 15.3. The molecule has 0 aliphatic rings. The standard InChI is InChI=1S/C19H23Cl/c1-14-5-4-6-17(11-14)9-10-19(20)13-18-8-7-15(2)16(3)12-18/h4-8,11-12,19H,9-10,13H2,1-3H3. The Kier molecular flexibility index (Phi) is 5.25. The van der Waals surface area contributed by atoms with E-state index in [0.717, 1.165) is 19.3 Å². The first-order valence-electron chi connectivity index (χ1n) is 7.30. The van der Waals surface area contributed by atoms with Crippen molar-refractivity contribution >= 4 is 11.6 Å². The van der Waals surface area contributed by atoms with E-state index in [1.807, 2.05) is 0 Å². The lowest BCUT2D eigenvalue weighted by molar-refractivity contribution is 0.743. The van der Waals surface area contributed by atoms with Gasteiger partial charge in [-0.3, -0.25) is 0 Å². The van der Waals surface area contributed by atoms with Gasteiger partial charge in [0.1, 0.15) is 0 Å². The van der Waals surface area contributed by atoms with Crippen molar-refractivity contribution in [2.75, 3.05) is 0 Å². The van der Waals surface area contributed by atoms with Gasteiger partial charge in [0.2, 0.25) is 0 Å². The zero-order valence-corrected chi connectivity index (χ0v) is 13.4. The van der Waals surface area contributed by atoms with Gasteiger partial charge in [-0.05, 0) is 62.3 Å². The van der Waals surface area contributed by atoms with Crippen LogP contribution in [-0.2, 0) is 12.8 Å². The van der Waals surface area contributed by atoms with Crippen LogP contribution in [-0.4, -0.2) is 5.38 Å². The van der Waals surface area contributed by atoms with Gasteiger partial charge in [-0.15, -0.1) is 11.6 Å². The molecule has 1 atom stereocenters. The molecular weight excluding hydrogens is 264 g/mol. The fourth-order valence-corrected chi connectivity index (χ4v) is 2.77. The van der Waals surface area contributed by atoms with Crippen LogP contribution in [0.2, 0.25) is 0 Å². The number of aryl methyl sites for hydroxylation is 4. The van der Waals surface area contributed by atoms with Crippen molar-refractivity contribution in [3.8, 4) is 0 Å². The van der Waals surface area contributed by atoms with E-state index in [1.54, 1.807) is 0 Å². The van der Waals surface area contributed by atoms with Crippen molar-refractivity contribution in [2.24, 2.45) is 0 Å². The van der Waals surface area contributed by atoms with Crippen LogP contribution in [0.4, 0.5) is 0 Å². The Balaban J connectivity index is 1.89. The lowest BCUT2D eigenvalue weighted by Gasteiger charge is -2.11. The Labute approximate surface area is 127 Å². The molecular formula is C19H23Cl. The molecule has 0 aliphatic carbocycles. The minimum Gasteiger partial charge on any atom is -0.123 e. The highest BCUT2D eigenvalue weighted by Gasteiger charge is 2.07. The first-order valence-corrected chi connectivity index (χ1v) is 7.74. The van der Waals surface area contributed by atoms with Gasteiger partial charge in [-0.1, -0.05) is 48.0 Å². The van der Waals surface area contributed by atoms with Crippen LogP contribution in [0.15, 0.2) is 42.5 Å². The molecule has 2 aromatic carbocycles. The molecule has 0 aromatic heterocycles. The molecule has 0 spiro atoms. The second-order valence-corrected chi connectivity index (χ2v) is 6.36. The average molecular weight is 287 g/mol. The molecule has 0 N–H and O–H groups in total. The molecule has 2 aromatic rings. The molecule has 0 saturated carbocycles. The number of benzene rings is 2. The van der Waals surface area contributed by atoms with Gasteiger partial charge in [0.15, 0.2) is 0 Å². The van der Waals surface area contributed by atoms with Crippen LogP contribution >= 0.6 is 11.6 Å². The van der Waals surface area contributed by atoms with E-state index in [2.05, 4.69) is 63.2 Å². The molecule has 2 rings (SSSR count). The molecule has 0 heterocycles. The van der Waals surface area contributed by atoms with Crippen molar-refractivity contribution in [2.45, 2.75) is 45.4 Å². The molecule has 20 heavy (non-hydrogen) atoms. The normalized spacial score (nSPS) is 12.4. The number of alkyl halides is 1. The van der Waals surface area contributed by atoms with Gasteiger partial charge in [0.05, 0.1) is 0 Å². The van der Waals surface area contributed by atoms with Gasteiger partial charge in [-0.25, -0.2) is 0 Å². The molecule has 0 amide bonds. The zero-order chi connectivity index (χ0) is 14.5. The van der Waals surface area contributed by atoms with Crippen LogP contribution < -0.4 is 0 Å². The quantitative estimate of drug-likeness (QED) is 0.646. The van der Waals surface area contributed by atoms with Crippen molar-refractivity contribution in [3.05, 3.63) is 70.3 Å². The van der Waals surface area contributed by atoms with Gasteiger partial charge < -0.3 is 0 Å². The van der Waals surface area contributed by atoms with Crippen LogP contribution in [0, 0.1) is 20.8 Å². The second kappa shape index (κ2) is 6.95. The SMILES string of the molecule is Cc1cccc(CCC(Cl)Cc2ccc(C)c(C)c2)c1. The Morgan fingerprint density at radius 3 is 2.40 bits per heavy atom. The summed E-state index contributed by atoms with van der Waals surface area (Å²) < 4.78 is 0. The number of rotatable bonds is 5. The fourth-order valence-electron chi connectivity index (χ4n) is 2.48. The first-order chi connectivity index (χ1) is 9.54. The summed E-state index contributed by atoms with van der Waals surface area (Å²) >= 11 is 6.50. The van der Waals surface area contributed by atoms with E-state index in [1.165, 1.54) is 27.8 Å². The van der Waals surface area contributed by atoms with E-state index >= 15 is 0 Å². The van der Waals surface area contributed by atoms with E-state index in [4.69, 9.17) is 11.6 Å². The number of hydrogen-bond donors (Lipinski definition) is 0. The maximum atomic E-state index is 6.50. The predicted octanol–water partition coefficient (Wildman–Crippen LogP) is 5.39. The largest absolute Gasteiger partial charge is 0.123 e. The zero-order valence-electron chi connectivity index (χ0n) is 12.6. The minimum absolute atomic E-state index is 0.206. The summed E-state index contributed by atoms with van der Waals surface area (Å²) in [5.41, 5.74) is 6.75. The third-order valence-electron chi connectivity index (χ3n) is 3.86. The summed E-state index contributed by atoms with van der Waals surface area (Å²) in [5, 5.41) is 0.206. The third kappa shape index (κ3) is 4.38. The lowest BCUT2D eigenvalue weighted by atomic mass is 10.00. The molecule has 0 aliphatic heterocycles. The van der Waals surface area contributed by atoms with Crippen LogP contribution in [0.25, 0.3) is 0 Å². The second-order valence-electron chi connectivity index (χ2n) is 5.75. The highest BCUT2D eigenvalue weighted by molar-refractivity contribution is 6.20. The highest BCUT2D eigenvalue weighted by Crippen LogP contribution is 2.17. The van der Waals surface area contributed by atoms with E-state index in [9.17, 15) is 0 Å². The maximum absolute atomic E-state index is 6.50. The maximum Gasteiger partial charge on any atom is 0.0379 e. The smallest absolute Gasteiger partial charge is 0.0379 e. The van der Waals surface area contributed by atoms with Crippen molar-refractivity contribution < 1.29 is 0 Å². The van der Waals surface area contributed by atoms with Crippen LogP contribution in [0.3, 0.4) is 0 Å². The molecule has 1 unspecified atom stereocenters. The predicted molar refractivity (Wildman–Crippen MR) is 88.8 cm³/mol. The Hall–Kier alpha value is -1.27. The fraction of sp³-hybridized carbons (Fsp3) is 0.368. The monoisotopic (exact) mass is 286 g/mol. The topological polar surface area (TPSA) is 0 Å². The van der Waals surface area contributed by atoms with Crippen molar-refractivity contribution in [1.29, 1.82) is 0 Å². The summed E-state index contributed by atoms with van der Waals surface area (Å²) in [4.78, 5) is 0. The number of hydrogen-bond acceptors (Lipinski definition) is 0. The van der Waals surface area contributed by atoms with Gasteiger partial charge >= 0.3 is 0 Å². The summed E-state index contributed by atoms with van der Waals surface area (Å²) in [7, 11) is 0.